The van der Waals surface area contributed by atoms with Gasteiger partial charge in [-0.1, -0.05) is 6.07 Å². The number of anilines is 1. The number of carbonyl (C=O) groups excluding carboxylic acids is 2. The van der Waals surface area contributed by atoms with E-state index in [4.69, 9.17) is 4.74 Å². The molecule has 1 saturated carbocycles. The summed E-state index contributed by atoms with van der Waals surface area (Å²) in [6.07, 6.45) is -1.19. The zero-order chi connectivity index (χ0) is 17.4. The molecule has 0 radical (unpaired) electrons. The molecule has 1 fully saturated rings. The van der Waals surface area contributed by atoms with Crippen LogP contribution in [0, 0.1) is 5.82 Å². The summed E-state index contributed by atoms with van der Waals surface area (Å²) >= 11 is 0. The van der Waals surface area contributed by atoms with Crippen molar-refractivity contribution < 1.29 is 28.6 Å². The number of ketones is 1. The van der Waals surface area contributed by atoms with E-state index in [9.17, 15) is 23.9 Å². The zero-order valence-electron chi connectivity index (χ0n) is 13.1. The first-order chi connectivity index (χ1) is 10.5. The van der Waals surface area contributed by atoms with E-state index in [0.29, 0.717) is 0 Å². The van der Waals surface area contributed by atoms with Gasteiger partial charge in [-0.15, -0.1) is 0 Å². The number of Topliss-reactive ketones (excluding diaryl/α,β-unsaturated/α-hetero) is 1. The molecular formula is C16H18FNO5. The standard InChI is InChI=1S/C16H18FNO5/c1-15(2,3)23-14(22)18-9-4-5-11(12(17)6-9)16(13(20)21)7-10(19)8-16/h4-6H,7-8H2,1-3H3,(H,18,22)(H,20,21). The van der Waals surface area contributed by atoms with Crippen molar-refractivity contribution >= 4 is 23.5 Å². The van der Waals surface area contributed by atoms with E-state index in [-0.39, 0.29) is 29.9 Å². The third kappa shape index (κ3) is 3.49. The summed E-state index contributed by atoms with van der Waals surface area (Å²) in [5.74, 6) is -2.24. The number of nitrogens with one attached hydrogen (secondary N) is 1. The molecule has 23 heavy (non-hydrogen) atoms. The number of halogens is 1. The van der Waals surface area contributed by atoms with E-state index < -0.39 is 28.9 Å². The van der Waals surface area contributed by atoms with Crippen LogP contribution >= 0.6 is 0 Å². The van der Waals surface area contributed by atoms with Gasteiger partial charge in [-0.3, -0.25) is 14.9 Å². The average molecular weight is 323 g/mol. The average Bonchev–Trinajstić information content (AvgIpc) is 2.32. The van der Waals surface area contributed by atoms with Gasteiger partial charge in [0.1, 0.15) is 22.6 Å². The molecule has 0 aromatic heterocycles. The third-order valence-corrected chi connectivity index (χ3v) is 3.54. The highest BCUT2D eigenvalue weighted by atomic mass is 19.1. The molecule has 1 amide bonds. The Hall–Kier alpha value is -2.44. The van der Waals surface area contributed by atoms with Crippen molar-refractivity contribution in [1.82, 2.24) is 0 Å². The normalized spacial score (nSPS) is 16.4. The molecule has 0 spiro atoms. The third-order valence-electron chi connectivity index (χ3n) is 3.54. The molecule has 2 rings (SSSR count). The Morgan fingerprint density at radius 2 is 1.91 bits per heavy atom. The van der Waals surface area contributed by atoms with Crippen molar-refractivity contribution in [2.75, 3.05) is 5.32 Å². The SMILES string of the molecule is CC(C)(C)OC(=O)Nc1ccc(C2(C(=O)O)CC(=O)C2)c(F)c1. The summed E-state index contributed by atoms with van der Waals surface area (Å²) in [6.45, 7) is 5.08. The molecule has 0 aliphatic heterocycles. The fourth-order valence-corrected chi connectivity index (χ4v) is 2.48. The van der Waals surface area contributed by atoms with Crippen molar-refractivity contribution in [3.8, 4) is 0 Å². The smallest absolute Gasteiger partial charge is 0.412 e. The second kappa shape index (κ2) is 5.64. The summed E-state index contributed by atoms with van der Waals surface area (Å²) in [5.41, 5.74) is -2.11. The second-order valence-corrected chi connectivity index (χ2v) is 6.60. The van der Waals surface area contributed by atoms with E-state index in [1.165, 1.54) is 12.1 Å². The molecule has 0 bridgehead atoms. The number of hydrogen-bond donors (Lipinski definition) is 2. The number of carbonyl (C=O) groups is 3. The Morgan fingerprint density at radius 1 is 1.30 bits per heavy atom. The van der Waals surface area contributed by atoms with Gasteiger partial charge >= 0.3 is 12.1 Å². The number of rotatable bonds is 3. The molecule has 6 nitrogen and oxygen atoms in total. The number of benzene rings is 1. The molecule has 124 valence electrons. The van der Waals surface area contributed by atoms with Crippen LogP contribution in [-0.2, 0) is 19.7 Å². The first-order valence-electron chi connectivity index (χ1n) is 7.09. The molecule has 0 unspecified atom stereocenters. The number of amides is 1. The van der Waals surface area contributed by atoms with Crippen molar-refractivity contribution in [2.24, 2.45) is 0 Å². The first-order valence-corrected chi connectivity index (χ1v) is 7.09. The highest BCUT2D eigenvalue weighted by molar-refractivity contribution is 6.01. The number of carboxylic acids is 1. The summed E-state index contributed by atoms with van der Waals surface area (Å²) in [4.78, 5) is 34.2. The minimum absolute atomic E-state index is 0.0562. The van der Waals surface area contributed by atoms with E-state index in [0.717, 1.165) is 6.07 Å². The molecule has 1 aliphatic rings. The Kier molecular flexibility index (Phi) is 4.15. The monoisotopic (exact) mass is 323 g/mol. The zero-order valence-corrected chi connectivity index (χ0v) is 13.1. The first kappa shape index (κ1) is 16.9. The van der Waals surface area contributed by atoms with Crippen LogP contribution in [0.15, 0.2) is 18.2 Å². The van der Waals surface area contributed by atoms with Gasteiger partial charge in [-0.25, -0.2) is 9.18 Å². The predicted octanol–water partition coefficient (Wildman–Crippen LogP) is 2.86. The molecule has 0 saturated heterocycles. The highest BCUT2D eigenvalue weighted by Crippen LogP contribution is 2.43. The lowest BCUT2D eigenvalue weighted by atomic mass is 9.63. The number of ether oxygens (including phenoxy) is 1. The van der Waals surface area contributed by atoms with Crippen molar-refractivity contribution in [2.45, 2.75) is 44.6 Å². The van der Waals surface area contributed by atoms with Gasteiger partial charge in [0.15, 0.2) is 0 Å². The molecule has 7 heteroatoms. The maximum atomic E-state index is 14.3. The topological polar surface area (TPSA) is 92.7 Å². The van der Waals surface area contributed by atoms with Gasteiger partial charge in [-0.05, 0) is 32.9 Å². The lowest BCUT2D eigenvalue weighted by molar-refractivity contribution is -0.153. The van der Waals surface area contributed by atoms with Gasteiger partial charge in [0.2, 0.25) is 0 Å². The minimum Gasteiger partial charge on any atom is -0.481 e. The lowest BCUT2D eigenvalue weighted by Crippen LogP contribution is -2.48. The van der Waals surface area contributed by atoms with Gasteiger partial charge < -0.3 is 9.84 Å². The maximum absolute atomic E-state index is 14.3. The van der Waals surface area contributed by atoms with Crippen LogP contribution in [0.4, 0.5) is 14.9 Å². The molecular weight excluding hydrogens is 305 g/mol. The Balaban J connectivity index is 2.20. The molecule has 2 N–H and O–H groups in total. The van der Waals surface area contributed by atoms with Gasteiger partial charge in [0.05, 0.1) is 0 Å². The van der Waals surface area contributed by atoms with Crippen LogP contribution < -0.4 is 5.32 Å². The largest absolute Gasteiger partial charge is 0.481 e. The van der Waals surface area contributed by atoms with E-state index in [1.54, 1.807) is 20.8 Å². The van der Waals surface area contributed by atoms with E-state index in [1.807, 2.05) is 0 Å². The van der Waals surface area contributed by atoms with E-state index >= 15 is 0 Å². The fraction of sp³-hybridized carbons (Fsp3) is 0.438. The van der Waals surface area contributed by atoms with Crippen molar-refractivity contribution in [3.63, 3.8) is 0 Å². The molecule has 1 aliphatic carbocycles. The molecule has 1 aromatic rings. The van der Waals surface area contributed by atoms with Crippen molar-refractivity contribution in [3.05, 3.63) is 29.6 Å². The van der Waals surface area contributed by atoms with Gasteiger partial charge in [0.25, 0.3) is 0 Å². The Labute approximate surface area is 132 Å². The maximum Gasteiger partial charge on any atom is 0.412 e. The van der Waals surface area contributed by atoms with Crippen LogP contribution in [0.1, 0.15) is 39.2 Å². The van der Waals surface area contributed by atoms with Gasteiger partial charge in [-0.2, -0.15) is 0 Å². The van der Waals surface area contributed by atoms with Crippen LogP contribution in [-0.4, -0.2) is 28.6 Å². The van der Waals surface area contributed by atoms with Crippen molar-refractivity contribution in [1.29, 1.82) is 0 Å². The molecule has 0 heterocycles. The quantitative estimate of drug-likeness (QED) is 0.892. The predicted molar refractivity (Wildman–Crippen MR) is 79.8 cm³/mol. The Bertz CT molecular complexity index is 670. The lowest BCUT2D eigenvalue weighted by Gasteiger charge is -2.36. The highest BCUT2D eigenvalue weighted by Gasteiger charge is 2.52. The van der Waals surface area contributed by atoms with Crippen LogP contribution in [0.2, 0.25) is 0 Å². The number of aliphatic carboxylic acids is 1. The van der Waals surface area contributed by atoms with Crippen LogP contribution in [0.25, 0.3) is 0 Å². The summed E-state index contributed by atoms with van der Waals surface area (Å²) in [5, 5.41) is 11.7. The van der Waals surface area contributed by atoms with Crippen LogP contribution in [0.5, 0.6) is 0 Å². The molecule has 0 atom stereocenters. The Morgan fingerprint density at radius 3 is 2.35 bits per heavy atom. The fourth-order valence-electron chi connectivity index (χ4n) is 2.48. The summed E-state index contributed by atoms with van der Waals surface area (Å²) in [7, 11) is 0. The second-order valence-electron chi connectivity index (χ2n) is 6.60. The summed E-state index contributed by atoms with van der Waals surface area (Å²) in [6, 6.07) is 3.69. The number of hydrogen-bond acceptors (Lipinski definition) is 4. The van der Waals surface area contributed by atoms with E-state index in [2.05, 4.69) is 5.32 Å². The summed E-state index contributed by atoms with van der Waals surface area (Å²) < 4.78 is 19.3. The molecule has 1 aromatic carbocycles. The van der Waals surface area contributed by atoms with Gasteiger partial charge in [0, 0.05) is 24.1 Å². The van der Waals surface area contributed by atoms with Crippen LogP contribution in [0.3, 0.4) is 0 Å². The minimum atomic E-state index is -1.51. The number of carboxylic acid groups (broad SMARTS) is 1.